The van der Waals surface area contributed by atoms with E-state index in [0.717, 1.165) is 12.5 Å². The molecule has 2 aliphatic rings. The largest absolute Gasteiger partial charge is 0.339 e. The lowest BCUT2D eigenvalue weighted by atomic mass is 9.78. The highest BCUT2D eigenvalue weighted by Gasteiger charge is 2.35. The number of thioether (sulfide) groups is 1. The van der Waals surface area contributed by atoms with Crippen molar-refractivity contribution in [2.24, 2.45) is 5.92 Å². The van der Waals surface area contributed by atoms with Crippen LogP contribution in [-0.4, -0.2) is 29.1 Å². The Bertz CT molecular complexity index is 446. The van der Waals surface area contributed by atoms with Crippen LogP contribution in [0.2, 0.25) is 0 Å². The highest BCUT2D eigenvalue weighted by Crippen LogP contribution is 2.35. The van der Waals surface area contributed by atoms with Crippen LogP contribution in [0.5, 0.6) is 0 Å². The molecule has 0 aromatic heterocycles. The van der Waals surface area contributed by atoms with Crippen LogP contribution in [0.3, 0.4) is 0 Å². The summed E-state index contributed by atoms with van der Waals surface area (Å²) < 4.78 is 0. The molecule has 2 nitrogen and oxygen atoms in total. The zero-order valence-corrected chi connectivity index (χ0v) is 12.8. The standard InChI is InChI=1S/C17H23NOS/c19-17(13-20-15-9-2-1-3-10-15)18-12-6-8-14-7-4-5-11-16(14)18/h1-3,9-10,14,16H,4-8,11-13H2. The van der Waals surface area contributed by atoms with Crippen LogP contribution in [0, 0.1) is 5.92 Å². The zero-order chi connectivity index (χ0) is 13.8. The van der Waals surface area contributed by atoms with E-state index in [-0.39, 0.29) is 0 Å². The molecule has 1 amide bonds. The number of benzene rings is 1. The summed E-state index contributed by atoms with van der Waals surface area (Å²) in [5, 5.41) is 0. The van der Waals surface area contributed by atoms with Gasteiger partial charge in [-0.25, -0.2) is 0 Å². The second-order valence-corrected chi connectivity index (χ2v) is 6.99. The van der Waals surface area contributed by atoms with Crippen LogP contribution in [0.15, 0.2) is 35.2 Å². The summed E-state index contributed by atoms with van der Waals surface area (Å²) in [5.41, 5.74) is 0. The van der Waals surface area contributed by atoms with E-state index in [4.69, 9.17) is 0 Å². The van der Waals surface area contributed by atoms with Gasteiger partial charge in [0.25, 0.3) is 0 Å². The average Bonchev–Trinajstić information content (AvgIpc) is 2.53. The van der Waals surface area contributed by atoms with Crippen molar-refractivity contribution in [2.45, 2.75) is 49.5 Å². The Balaban J connectivity index is 1.58. The summed E-state index contributed by atoms with van der Waals surface area (Å²) in [4.78, 5) is 15.9. The van der Waals surface area contributed by atoms with Gasteiger partial charge in [-0.3, -0.25) is 4.79 Å². The van der Waals surface area contributed by atoms with Gasteiger partial charge in [-0.05, 0) is 43.7 Å². The molecule has 3 rings (SSSR count). The lowest BCUT2D eigenvalue weighted by Crippen LogP contribution is -2.50. The maximum absolute atomic E-state index is 12.5. The maximum Gasteiger partial charge on any atom is 0.233 e. The van der Waals surface area contributed by atoms with Gasteiger partial charge in [0.05, 0.1) is 5.75 Å². The third-order valence-electron chi connectivity index (χ3n) is 4.67. The second kappa shape index (κ2) is 6.66. The van der Waals surface area contributed by atoms with Crippen molar-refractivity contribution in [1.82, 2.24) is 4.90 Å². The lowest BCUT2D eigenvalue weighted by molar-refractivity contribution is -0.134. The molecule has 1 aliphatic carbocycles. The monoisotopic (exact) mass is 289 g/mol. The third kappa shape index (κ3) is 3.20. The number of fused-ring (bicyclic) bond motifs is 1. The third-order valence-corrected chi connectivity index (χ3v) is 5.67. The Morgan fingerprint density at radius 3 is 2.70 bits per heavy atom. The Labute approximate surface area is 125 Å². The first-order valence-electron chi connectivity index (χ1n) is 7.82. The van der Waals surface area contributed by atoms with Gasteiger partial charge in [-0.1, -0.05) is 31.0 Å². The van der Waals surface area contributed by atoms with Crippen LogP contribution >= 0.6 is 11.8 Å². The Morgan fingerprint density at radius 2 is 1.85 bits per heavy atom. The number of carbonyl (C=O) groups excluding carboxylic acids is 1. The molecule has 0 N–H and O–H groups in total. The second-order valence-electron chi connectivity index (χ2n) is 5.94. The van der Waals surface area contributed by atoms with Crippen molar-refractivity contribution in [3.63, 3.8) is 0 Å². The van der Waals surface area contributed by atoms with Crippen molar-refractivity contribution < 1.29 is 4.79 Å². The quantitative estimate of drug-likeness (QED) is 0.785. The number of rotatable bonds is 3. The molecule has 20 heavy (non-hydrogen) atoms. The van der Waals surface area contributed by atoms with E-state index >= 15 is 0 Å². The van der Waals surface area contributed by atoms with Gasteiger partial charge in [-0.15, -0.1) is 11.8 Å². The molecule has 2 fully saturated rings. The van der Waals surface area contributed by atoms with Gasteiger partial charge >= 0.3 is 0 Å². The molecule has 1 heterocycles. The molecular formula is C17H23NOS. The van der Waals surface area contributed by atoms with Crippen LogP contribution in [0.25, 0.3) is 0 Å². The van der Waals surface area contributed by atoms with Gasteiger partial charge in [0.15, 0.2) is 0 Å². The normalized spacial score (nSPS) is 26.1. The summed E-state index contributed by atoms with van der Waals surface area (Å²) in [6.45, 7) is 0.981. The van der Waals surface area contributed by atoms with Crippen LogP contribution in [0.1, 0.15) is 38.5 Å². The fourth-order valence-electron chi connectivity index (χ4n) is 3.68. The molecule has 0 spiro atoms. The molecule has 1 saturated carbocycles. The predicted octanol–water partition coefficient (Wildman–Crippen LogP) is 3.96. The molecule has 1 saturated heterocycles. The zero-order valence-electron chi connectivity index (χ0n) is 12.0. The number of piperidine rings is 1. The summed E-state index contributed by atoms with van der Waals surface area (Å²) in [6, 6.07) is 10.8. The first-order valence-corrected chi connectivity index (χ1v) is 8.80. The van der Waals surface area contributed by atoms with E-state index in [1.807, 2.05) is 18.2 Å². The minimum atomic E-state index is 0.343. The minimum absolute atomic E-state index is 0.343. The molecule has 1 aromatic carbocycles. The molecule has 0 radical (unpaired) electrons. The average molecular weight is 289 g/mol. The van der Waals surface area contributed by atoms with E-state index in [9.17, 15) is 4.79 Å². The number of nitrogens with zero attached hydrogens (tertiary/aromatic N) is 1. The van der Waals surface area contributed by atoms with E-state index in [2.05, 4.69) is 17.0 Å². The number of hydrogen-bond acceptors (Lipinski definition) is 2. The topological polar surface area (TPSA) is 20.3 Å². The minimum Gasteiger partial charge on any atom is -0.339 e. The number of hydrogen-bond donors (Lipinski definition) is 0. The SMILES string of the molecule is O=C(CSc1ccccc1)N1CCCC2CCCCC21. The van der Waals surface area contributed by atoms with Gasteiger partial charge in [0, 0.05) is 17.5 Å². The summed E-state index contributed by atoms with van der Waals surface area (Å²) >= 11 is 1.67. The van der Waals surface area contributed by atoms with Crippen LogP contribution in [-0.2, 0) is 4.79 Å². The van der Waals surface area contributed by atoms with Gasteiger partial charge < -0.3 is 4.90 Å². The van der Waals surface area contributed by atoms with Crippen molar-refractivity contribution in [3.05, 3.63) is 30.3 Å². The van der Waals surface area contributed by atoms with E-state index in [0.29, 0.717) is 17.7 Å². The van der Waals surface area contributed by atoms with E-state index in [1.54, 1.807) is 11.8 Å². The summed E-state index contributed by atoms with van der Waals surface area (Å²) in [6.07, 6.45) is 7.76. The fraction of sp³-hybridized carbons (Fsp3) is 0.588. The molecule has 1 aromatic rings. The molecule has 3 heteroatoms. The van der Waals surface area contributed by atoms with Gasteiger partial charge in [-0.2, -0.15) is 0 Å². The lowest BCUT2D eigenvalue weighted by Gasteiger charge is -2.44. The van der Waals surface area contributed by atoms with E-state index < -0.39 is 0 Å². The smallest absolute Gasteiger partial charge is 0.233 e. The first-order chi connectivity index (χ1) is 9.84. The Kier molecular flexibility index (Phi) is 4.66. The van der Waals surface area contributed by atoms with Crippen molar-refractivity contribution >= 4 is 17.7 Å². The molecular weight excluding hydrogens is 266 g/mol. The maximum atomic E-state index is 12.5. The van der Waals surface area contributed by atoms with Crippen LogP contribution < -0.4 is 0 Å². The van der Waals surface area contributed by atoms with E-state index in [1.165, 1.54) is 43.4 Å². The fourth-order valence-corrected chi connectivity index (χ4v) is 4.48. The Morgan fingerprint density at radius 1 is 1.10 bits per heavy atom. The molecule has 1 aliphatic heterocycles. The highest BCUT2D eigenvalue weighted by atomic mass is 32.2. The summed E-state index contributed by atoms with van der Waals surface area (Å²) in [5.74, 6) is 1.71. The highest BCUT2D eigenvalue weighted by molar-refractivity contribution is 8.00. The molecule has 2 atom stereocenters. The van der Waals surface area contributed by atoms with Crippen molar-refractivity contribution in [2.75, 3.05) is 12.3 Å². The number of amides is 1. The molecule has 2 unspecified atom stereocenters. The van der Waals surface area contributed by atoms with Gasteiger partial charge in [0.1, 0.15) is 0 Å². The predicted molar refractivity (Wildman–Crippen MR) is 83.9 cm³/mol. The summed E-state index contributed by atoms with van der Waals surface area (Å²) in [7, 11) is 0. The van der Waals surface area contributed by atoms with Crippen molar-refractivity contribution in [3.8, 4) is 0 Å². The van der Waals surface area contributed by atoms with Crippen LogP contribution in [0.4, 0.5) is 0 Å². The van der Waals surface area contributed by atoms with Crippen molar-refractivity contribution in [1.29, 1.82) is 0 Å². The number of likely N-dealkylation sites (tertiary alicyclic amines) is 1. The first kappa shape index (κ1) is 14.0. The number of carbonyl (C=O) groups is 1. The molecule has 0 bridgehead atoms. The molecule has 108 valence electrons. The van der Waals surface area contributed by atoms with Gasteiger partial charge in [0.2, 0.25) is 5.91 Å². The Hall–Kier alpha value is -0.960.